The summed E-state index contributed by atoms with van der Waals surface area (Å²) in [4.78, 5) is 28.1. The minimum absolute atomic E-state index is 0.0461. The van der Waals surface area contributed by atoms with Crippen LogP contribution in [0, 0.1) is 6.92 Å². The highest BCUT2D eigenvalue weighted by atomic mass is 16.3. The van der Waals surface area contributed by atoms with Crippen LogP contribution < -0.4 is 10.2 Å². The number of nitrogens with one attached hydrogen (secondary N) is 1. The average Bonchev–Trinajstić information content (AvgIpc) is 2.88. The minimum Gasteiger partial charge on any atom is -0.508 e. The van der Waals surface area contributed by atoms with E-state index in [9.17, 15) is 14.7 Å². The van der Waals surface area contributed by atoms with Crippen LogP contribution in [-0.4, -0.2) is 23.5 Å². The SMILES string of the molecule is Cc1ccc(-c2cc(O)ccc2C(=O)Nc2ccc(C(=O)N3CCCc4ccccc43)cc2)cc1. The number of rotatable bonds is 4. The van der Waals surface area contributed by atoms with E-state index in [2.05, 4.69) is 11.4 Å². The zero-order chi connectivity index (χ0) is 24.4. The summed E-state index contributed by atoms with van der Waals surface area (Å²) >= 11 is 0. The quantitative estimate of drug-likeness (QED) is 0.379. The number of hydrogen-bond acceptors (Lipinski definition) is 3. The highest BCUT2D eigenvalue weighted by molar-refractivity contribution is 6.10. The Hall–Kier alpha value is -4.38. The summed E-state index contributed by atoms with van der Waals surface area (Å²) in [6, 6.07) is 27.5. The third-order valence-electron chi connectivity index (χ3n) is 6.36. The summed E-state index contributed by atoms with van der Waals surface area (Å²) in [7, 11) is 0. The van der Waals surface area contributed by atoms with Crippen molar-refractivity contribution < 1.29 is 14.7 Å². The normalized spacial score (nSPS) is 12.7. The number of carbonyl (C=O) groups is 2. The smallest absolute Gasteiger partial charge is 0.258 e. The van der Waals surface area contributed by atoms with Gasteiger partial charge in [-0.3, -0.25) is 9.59 Å². The highest BCUT2D eigenvalue weighted by Crippen LogP contribution is 2.30. The van der Waals surface area contributed by atoms with Gasteiger partial charge in [0, 0.05) is 29.0 Å². The second kappa shape index (κ2) is 9.47. The number of nitrogens with zero attached hydrogens (tertiary/aromatic N) is 1. The first-order valence-corrected chi connectivity index (χ1v) is 11.7. The highest BCUT2D eigenvalue weighted by Gasteiger charge is 2.23. The Kier molecular flexibility index (Phi) is 6.06. The molecule has 0 saturated heterocycles. The van der Waals surface area contributed by atoms with Crippen LogP contribution in [0.4, 0.5) is 11.4 Å². The molecule has 4 aromatic carbocycles. The lowest BCUT2D eigenvalue weighted by atomic mass is 9.98. The van der Waals surface area contributed by atoms with E-state index in [1.54, 1.807) is 36.4 Å². The van der Waals surface area contributed by atoms with Gasteiger partial charge in [0.05, 0.1) is 0 Å². The predicted molar refractivity (Wildman–Crippen MR) is 139 cm³/mol. The molecule has 1 aliphatic heterocycles. The number of fused-ring (bicyclic) bond motifs is 1. The number of aromatic hydroxyl groups is 1. The molecule has 2 amide bonds. The van der Waals surface area contributed by atoms with Gasteiger partial charge in [0.1, 0.15) is 5.75 Å². The topological polar surface area (TPSA) is 69.6 Å². The van der Waals surface area contributed by atoms with Gasteiger partial charge in [0.15, 0.2) is 0 Å². The maximum absolute atomic E-state index is 13.2. The first-order chi connectivity index (χ1) is 17.0. The average molecular weight is 463 g/mol. The molecule has 0 radical (unpaired) electrons. The summed E-state index contributed by atoms with van der Waals surface area (Å²) in [5, 5.41) is 12.9. The molecule has 0 unspecified atom stereocenters. The Balaban J connectivity index is 1.35. The Morgan fingerprint density at radius 2 is 1.63 bits per heavy atom. The monoisotopic (exact) mass is 462 g/mol. The Morgan fingerprint density at radius 1 is 0.886 bits per heavy atom. The van der Waals surface area contributed by atoms with E-state index in [-0.39, 0.29) is 17.6 Å². The van der Waals surface area contributed by atoms with Gasteiger partial charge in [-0.15, -0.1) is 0 Å². The molecule has 0 atom stereocenters. The van der Waals surface area contributed by atoms with Gasteiger partial charge in [0.2, 0.25) is 0 Å². The number of phenols is 1. The molecule has 1 heterocycles. The van der Waals surface area contributed by atoms with Crippen molar-refractivity contribution in [3.8, 4) is 16.9 Å². The van der Waals surface area contributed by atoms with Crippen molar-refractivity contribution in [3.05, 3.63) is 113 Å². The zero-order valence-electron chi connectivity index (χ0n) is 19.5. The largest absolute Gasteiger partial charge is 0.508 e. The molecule has 0 fully saturated rings. The molecule has 0 spiro atoms. The van der Waals surface area contributed by atoms with Crippen LogP contribution in [0.25, 0.3) is 11.1 Å². The van der Waals surface area contributed by atoms with Crippen LogP contribution in [0.15, 0.2) is 91.0 Å². The lowest BCUT2D eigenvalue weighted by molar-refractivity contribution is 0.0984. The molecule has 5 rings (SSSR count). The van der Waals surface area contributed by atoms with Crippen LogP contribution in [0.2, 0.25) is 0 Å². The summed E-state index contributed by atoms with van der Waals surface area (Å²) < 4.78 is 0. The number of aryl methyl sites for hydroxylation is 2. The molecule has 1 aliphatic rings. The van der Waals surface area contributed by atoms with Gasteiger partial charge in [-0.25, -0.2) is 0 Å². The number of carbonyl (C=O) groups excluding carboxylic acids is 2. The van der Waals surface area contributed by atoms with E-state index in [1.165, 1.54) is 11.6 Å². The number of anilines is 2. The van der Waals surface area contributed by atoms with Crippen LogP contribution in [0.1, 0.15) is 38.3 Å². The van der Waals surface area contributed by atoms with Crippen molar-refractivity contribution in [2.24, 2.45) is 0 Å². The summed E-state index contributed by atoms with van der Waals surface area (Å²) in [6.45, 7) is 2.69. The second-order valence-electron chi connectivity index (χ2n) is 8.82. The van der Waals surface area contributed by atoms with E-state index >= 15 is 0 Å². The third-order valence-corrected chi connectivity index (χ3v) is 6.36. The maximum Gasteiger partial charge on any atom is 0.258 e. The van der Waals surface area contributed by atoms with Crippen LogP contribution in [0.5, 0.6) is 5.75 Å². The van der Waals surface area contributed by atoms with Crippen molar-refractivity contribution >= 4 is 23.2 Å². The van der Waals surface area contributed by atoms with Gasteiger partial charge in [-0.1, -0.05) is 48.0 Å². The van der Waals surface area contributed by atoms with E-state index < -0.39 is 0 Å². The Labute approximate surface area is 204 Å². The molecule has 0 saturated carbocycles. The van der Waals surface area contributed by atoms with Gasteiger partial charge in [0.25, 0.3) is 11.8 Å². The van der Waals surface area contributed by atoms with E-state index in [1.807, 2.05) is 54.3 Å². The fourth-order valence-corrected chi connectivity index (χ4v) is 4.50. The number of phenolic OH excluding ortho intramolecular Hbond substituents is 1. The first-order valence-electron chi connectivity index (χ1n) is 11.7. The Morgan fingerprint density at radius 3 is 2.40 bits per heavy atom. The molecule has 0 bridgehead atoms. The van der Waals surface area contributed by atoms with Crippen molar-refractivity contribution in [1.82, 2.24) is 0 Å². The van der Waals surface area contributed by atoms with Crippen molar-refractivity contribution in [3.63, 3.8) is 0 Å². The van der Waals surface area contributed by atoms with Crippen LogP contribution >= 0.6 is 0 Å². The van der Waals surface area contributed by atoms with Gasteiger partial charge in [-0.05, 0) is 85.0 Å². The zero-order valence-corrected chi connectivity index (χ0v) is 19.5. The predicted octanol–water partition coefficient (Wildman–Crippen LogP) is 6.21. The van der Waals surface area contributed by atoms with Gasteiger partial charge in [-0.2, -0.15) is 0 Å². The molecule has 174 valence electrons. The fraction of sp³-hybridized carbons (Fsp3) is 0.133. The lowest BCUT2D eigenvalue weighted by Gasteiger charge is -2.29. The fourth-order valence-electron chi connectivity index (χ4n) is 4.50. The molecule has 5 heteroatoms. The maximum atomic E-state index is 13.2. The molecular formula is C30H26N2O3. The molecule has 0 aliphatic carbocycles. The van der Waals surface area contributed by atoms with Crippen LogP contribution in [0.3, 0.4) is 0 Å². The molecular weight excluding hydrogens is 436 g/mol. The summed E-state index contributed by atoms with van der Waals surface area (Å²) in [5.74, 6) is -0.237. The second-order valence-corrected chi connectivity index (χ2v) is 8.82. The minimum atomic E-state index is -0.287. The van der Waals surface area contributed by atoms with Crippen molar-refractivity contribution in [2.45, 2.75) is 19.8 Å². The molecule has 0 aromatic heterocycles. The van der Waals surface area contributed by atoms with Crippen molar-refractivity contribution in [1.29, 1.82) is 0 Å². The molecule has 35 heavy (non-hydrogen) atoms. The standard InChI is InChI=1S/C30H26N2O3/c1-20-8-10-21(11-9-20)27-19-25(33)16-17-26(27)29(34)31-24-14-12-23(13-15-24)30(35)32-18-4-6-22-5-2-3-7-28(22)32/h2-3,5,7-17,19,33H,4,6,18H2,1H3,(H,31,34). The number of para-hydroxylation sites is 1. The molecule has 4 aromatic rings. The molecule has 2 N–H and O–H groups in total. The number of amides is 2. The van der Waals surface area contributed by atoms with E-state index in [4.69, 9.17) is 0 Å². The van der Waals surface area contributed by atoms with E-state index in [0.29, 0.717) is 28.9 Å². The van der Waals surface area contributed by atoms with Gasteiger partial charge >= 0.3 is 0 Å². The first kappa shape index (κ1) is 22.4. The van der Waals surface area contributed by atoms with Gasteiger partial charge < -0.3 is 15.3 Å². The lowest BCUT2D eigenvalue weighted by Crippen LogP contribution is -2.35. The number of benzene rings is 4. The Bertz CT molecular complexity index is 1390. The van der Waals surface area contributed by atoms with Crippen molar-refractivity contribution in [2.75, 3.05) is 16.8 Å². The summed E-state index contributed by atoms with van der Waals surface area (Å²) in [6.07, 6.45) is 1.92. The van der Waals surface area contributed by atoms with Crippen LogP contribution in [-0.2, 0) is 6.42 Å². The third kappa shape index (κ3) is 4.66. The number of hydrogen-bond donors (Lipinski definition) is 2. The molecule has 5 nitrogen and oxygen atoms in total. The summed E-state index contributed by atoms with van der Waals surface area (Å²) in [5.41, 5.74) is 6.39. The van der Waals surface area contributed by atoms with E-state index in [0.717, 1.165) is 29.7 Å².